The van der Waals surface area contributed by atoms with E-state index in [2.05, 4.69) is 25.9 Å². The highest BCUT2D eigenvalue weighted by atomic mass is 16.2. The van der Waals surface area contributed by atoms with Gasteiger partial charge in [0.2, 0.25) is 0 Å². The predicted molar refractivity (Wildman–Crippen MR) is 64.9 cm³/mol. The molecule has 0 atom stereocenters. The fourth-order valence-corrected chi connectivity index (χ4v) is 1.22. The summed E-state index contributed by atoms with van der Waals surface area (Å²) in [4.78, 5) is 26.5. The maximum absolute atomic E-state index is 11.8. The van der Waals surface area contributed by atoms with Crippen molar-refractivity contribution in [3.8, 4) is 0 Å². The van der Waals surface area contributed by atoms with Gasteiger partial charge in [0.25, 0.3) is 11.5 Å². The maximum Gasteiger partial charge on any atom is 0.264 e. The smallest absolute Gasteiger partial charge is 0.264 e. The number of aromatic nitrogens is 3. The lowest BCUT2D eigenvalue weighted by Crippen LogP contribution is -2.16. The summed E-state index contributed by atoms with van der Waals surface area (Å²) in [6.45, 7) is 0. The maximum atomic E-state index is 11.8. The van der Waals surface area contributed by atoms with Crippen LogP contribution in [-0.4, -0.2) is 21.1 Å². The van der Waals surface area contributed by atoms with Crippen molar-refractivity contribution < 1.29 is 4.79 Å². The number of nitrogens with one attached hydrogen (secondary N) is 3. The third-order valence-electron chi connectivity index (χ3n) is 2.09. The van der Waals surface area contributed by atoms with Gasteiger partial charge >= 0.3 is 0 Å². The van der Waals surface area contributed by atoms with Crippen LogP contribution < -0.4 is 22.1 Å². The lowest BCUT2D eigenvalue weighted by atomic mass is 10.2. The molecular weight excluding hydrogens is 236 g/mol. The Morgan fingerprint density at radius 3 is 2.56 bits per heavy atom. The minimum Gasteiger partial charge on any atom is -0.308 e. The lowest BCUT2D eigenvalue weighted by Gasteiger charge is -2.04. The van der Waals surface area contributed by atoms with E-state index in [0.717, 1.165) is 0 Å². The largest absolute Gasteiger partial charge is 0.308 e. The highest BCUT2D eigenvalue weighted by Crippen LogP contribution is 2.06. The summed E-state index contributed by atoms with van der Waals surface area (Å²) in [5, 5.41) is 8.38. The number of rotatable bonds is 3. The highest BCUT2D eigenvalue weighted by Gasteiger charge is 2.07. The molecule has 0 aromatic carbocycles. The molecule has 5 N–H and O–H groups in total. The van der Waals surface area contributed by atoms with Crippen LogP contribution in [0.2, 0.25) is 0 Å². The molecule has 2 heterocycles. The zero-order valence-electron chi connectivity index (χ0n) is 9.18. The number of hydrogen-bond donors (Lipinski definition) is 4. The number of carbonyl (C=O) groups excluding carboxylic acids is 1. The van der Waals surface area contributed by atoms with Gasteiger partial charge in [-0.3, -0.25) is 9.59 Å². The van der Waals surface area contributed by atoms with Gasteiger partial charge in [0, 0.05) is 12.3 Å². The number of hydrazine groups is 1. The van der Waals surface area contributed by atoms with E-state index in [4.69, 9.17) is 5.84 Å². The van der Waals surface area contributed by atoms with Crippen molar-refractivity contribution in [1.82, 2.24) is 15.2 Å². The Hall–Kier alpha value is -2.74. The van der Waals surface area contributed by atoms with Crippen LogP contribution in [0.5, 0.6) is 0 Å². The second-order valence-corrected chi connectivity index (χ2v) is 3.34. The number of pyridine rings is 1. The Morgan fingerprint density at radius 2 is 2.00 bits per heavy atom. The average molecular weight is 246 g/mol. The zero-order chi connectivity index (χ0) is 13.0. The Labute approximate surface area is 101 Å². The fraction of sp³-hybridized carbons (Fsp3) is 0. The molecule has 0 aliphatic heterocycles. The molecule has 2 aromatic rings. The molecule has 0 spiro atoms. The van der Waals surface area contributed by atoms with E-state index < -0.39 is 0 Å². The van der Waals surface area contributed by atoms with Crippen LogP contribution in [0.1, 0.15) is 10.4 Å². The van der Waals surface area contributed by atoms with Crippen LogP contribution in [0.25, 0.3) is 0 Å². The fourth-order valence-electron chi connectivity index (χ4n) is 1.22. The number of nitrogens with two attached hydrogens (primary N) is 1. The summed E-state index contributed by atoms with van der Waals surface area (Å²) in [6.07, 6.45) is 1.37. The van der Waals surface area contributed by atoms with E-state index in [-0.39, 0.29) is 17.3 Å². The second kappa shape index (κ2) is 5.06. The molecule has 92 valence electrons. The van der Waals surface area contributed by atoms with Gasteiger partial charge in [0.05, 0.1) is 5.56 Å². The van der Waals surface area contributed by atoms with Gasteiger partial charge in [-0.1, -0.05) is 0 Å². The van der Waals surface area contributed by atoms with Crippen LogP contribution in [-0.2, 0) is 0 Å². The van der Waals surface area contributed by atoms with Crippen molar-refractivity contribution in [2.24, 2.45) is 5.84 Å². The minimum absolute atomic E-state index is 0.251. The first kappa shape index (κ1) is 11.7. The summed E-state index contributed by atoms with van der Waals surface area (Å²) in [6, 6.07) is 5.79. The molecule has 1 amide bonds. The van der Waals surface area contributed by atoms with Crippen LogP contribution in [0.15, 0.2) is 35.3 Å². The Morgan fingerprint density at radius 1 is 1.22 bits per heavy atom. The Balaban J connectivity index is 2.11. The van der Waals surface area contributed by atoms with Gasteiger partial charge in [0.15, 0.2) is 5.82 Å². The number of amides is 1. The summed E-state index contributed by atoms with van der Waals surface area (Å²) in [7, 11) is 0. The molecule has 0 saturated heterocycles. The van der Waals surface area contributed by atoms with Crippen molar-refractivity contribution in [1.29, 1.82) is 0 Å². The number of carbonyl (C=O) groups is 1. The topological polar surface area (TPSA) is 126 Å². The normalized spacial score (nSPS) is 9.83. The molecule has 8 heteroatoms. The number of hydrogen-bond acceptors (Lipinski definition) is 6. The van der Waals surface area contributed by atoms with E-state index in [1.54, 1.807) is 12.1 Å². The molecule has 0 fully saturated rings. The molecule has 0 unspecified atom stereocenters. The predicted octanol–water partition coefficient (Wildman–Crippen LogP) is -0.297. The first-order valence-corrected chi connectivity index (χ1v) is 4.99. The third kappa shape index (κ3) is 2.68. The van der Waals surface area contributed by atoms with E-state index in [9.17, 15) is 9.59 Å². The van der Waals surface area contributed by atoms with Gasteiger partial charge in [-0.2, -0.15) is 5.10 Å². The average Bonchev–Trinajstić information content (AvgIpc) is 2.41. The number of nitrogens with zero attached hydrogens (tertiary/aromatic N) is 2. The Kier molecular flexibility index (Phi) is 3.30. The summed E-state index contributed by atoms with van der Waals surface area (Å²) in [5.41, 5.74) is 2.36. The Bertz CT molecular complexity index is 586. The lowest BCUT2D eigenvalue weighted by molar-refractivity contribution is 0.102. The molecule has 0 saturated carbocycles. The van der Waals surface area contributed by atoms with Gasteiger partial charge in [-0.05, 0) is 18.2 Å². The molecule has 0 radical (unpaired) electrons. The second-order valence-electron chi connectivity index (χ2n) is 3.34. The monoisotopic (exact) mass is 246 g/mol. The van der Waals surface area contributed by atoms with E-state index in [1.165, 1.54) is 18.3 Å². The molecule has 2 rings (SSSR count). The van der Waals surface area contributed by atoms with Gasteiger partial charge in [0.1, 0.15) is 5.82 Å². The van der Waals surface area contributed by atoms with Crippen LogP contribution in [0.4, 0.5) is 11.6 Å². The molecule has 2 aromatic heterocycles. The van der Waals surface area contributed by atoms with Crippen molar-refractivity contribution in [2.75, 3.05) is 10.7 Å². The van der Waals surface area contributed by atoms with Crippen molar-refractivity contribution >= 4 is 17.5 Å². The standard InChI is InChI=1S/C10H10N6O2/c11-14-7-2-1-6(5-12-7)10(18)13-8-3-4-9(17)16-15-8/h1-5H,11H2,(H,12,14)(H,16,17)(H,13,15,18). The van der Waals surface area contributed by atoms with Gasteiger partial charge in [-0.15, -0.1) is 0 Å². The van der Waals surface area contributed by atoms with Crippen molar-refractivity contribution in [3.05, 3.63) is 46.4 Å². The highest BCUT2D eigenvalue weighted by molar-refractivity contribution is 6.03. The molecule has 0 aliphatic carbocycles. The molecular formula is C10H10N6O2. The van der Waals surface area contributed by atoms with Crippen molar-refractivity contribution in [2.45, 2.75) is 0 Å². The van der Waals surface area contributed by atoms with E-state index in [0.29, 0.717) is 11.4 Å². The first-order chi connectivity index (χ1) is 8.69. The summed E-state index contributed by atoms with van der Waals surface area (Å²) < 4.78 is 0. The number of nitrogen functional groups attached to an aromatic ring is 1. The number of aromatic amines is 1. The van der Waals surface area contributed by atoms with E-state index >= 15 is 0 Å². The van der Waals surface area contributed by atoms with Crippen LogP contribution in [0.3, 0.4) is 0 Å². The van der Waals surface area contributed by atoms with Gasteiger partial charge < -0.3 is 10.7 Å². The quantitative estimate of drug-likeness (QED) is 0.435. The SMILES string of the molecule is NNc1ccc(C(=O)Nc2ccc(=O)[nH]n2)cn1. The first-order valence-electron chi connectivity index (χ1n) is 4.99. The molecule has 0 aliphatic rings. The van der Waals surface area contributed by atoms with E-state index in [1.807, 2.05) is 0 Å². The molecule has 18 heavy (non-hydrogen) atoms. The summed E-state index contributed by atoms with van der Waals surface area (Å²) in [5.74, 6) is 5.48. The number of H-pyrrole nitrogens is 1. The number of anilines is 2. The van der Waals surface area contributed by atoms with Crippen LogP contribution >= 0.6 is 0 Å². The van der Waals surface area contributed by atoms with Crippen LogP contribution in [0, 0.1) is 0 Å². The zero-order valence-corrected chi connectivity index (χ0v) is 9.18. The third-order valence-corrected chi connectivity index (χ3v) is 2.09. The molecule has 0 bridgehead atoms. The minimum atomic E-state index is -0.384. The molecule has 8 nitrogen and oxygen atoms in total. The van der Waals surface area contributed by atoms with Gasteiger partial charge in [-0.25, -0.2) is 15.9 Å². The summed E-state index contributed by atoms with van der Waals surface area (Å²) >= 11 is 0. The van der Waals surface area contributed by atoms with Crippen molar-refractivity contribution in [3.63, 3.8) is 0 Å².